The van der Waals surface area contributed by atoms with Crippen molar-refractivity contribution in [2.45, 2.75) is 0 Å². The second-order valence-electron chi connectivity index (χ2n) is 9.59. The zero-order valence-corrected chi connectivity index (χ0v) is 20.4. The van der Waals surface area contributed by atoms with E-state index in [0.717, 1.165) is 32.3 Å². The molecule has 0 saturated heterocycles. The maximum Gasteiger partial charge on any atom is 0.195 e. The van der Waals surface area contributed by atoms with Crippen molar-refractivity contribution in [2.24, 2.45) is 0 Å². The number of nitrogen functional groups attached to an aromatic ring is 2. The predicted molar refractivity (Wildman–Crippen MR) is 156 cm³/mol. The summed E-state index contributed by atoms with van der Waals surface area (Å²) < 4.78 is 0. The molecule has 7 rings (SSSR count). The van der Waals surface area contributed by atoms with Crippen LogP contribution >= 0.6 is 0 Å². The van der Waals surface area contributed by atoms with Crippen LogP contribution in [0.3, 0.4) is 0 Å². The molecular weight excluding hydrogens is 468 g/mol. The van der Waals surface area contributed by atoms with Gasteiger partial charge in [-0.3, -0.25) is 9.59 Å². The molecule has 0 spiro atoms. The van der Waals surface area contributed by atoms with E-state index in [0.29, 0.717) is 33.2 Å². The fourth-order valence-electron chi connectivity index (χ4n) is 5.88. The zero-order chi connectivity index (χ0) is 26.0. The van der Waals surface area contributed by atoms with Crippen molar-refractivity contribution in [2.75, 3.05) is 11.5 Å². The van der Waals surface area contributed by atoms with Crippen molar-refractivity contribution in [3.8, 4) is 0 Å². The molecule has 4 heteroatoms. The highest BCUT2D eigenvalue weighted by atomic mass is 16.1. The van der Waals surface area contributed by atoms with Crippen molar-refractivity contribution in [1.82, 2.24) is 0 Å². The fraction of sp³-hybridized carbons (Fsp3) is 0. The van der Waals surface area contributed by atoms with E-state index in [2.05, 4.69) is 18.2 Å². The van der Waals surface area contributed by atoms with Crippen LogP contribution in [0.15, 0.2) is 109 Å². The topological polar surface area (TPSA) is 86.2 Å². The van der Waals surface area contributed by atoms with Gasteiger partial charge in [-0.25, -0.2) is 0 Å². The number of benzene rings is 7. The first-order valence-electron chi connectivity index (χ1n) is 12.5. The first-order valence-corrected chi connectivity index (χ1v) is 12.5. The number of carbonyl (C=O) groups is 2. The zero-order valence-electron chi connectivity index (χ0n) is 20.4. The molecule has 0 unspecified atom stereocenters. The van der Waals surface area contributed by atoms with E-state index in [1.165, 1.54) is 0 Å². The Balaban J connectivity index is 1.78. The van der Waals surface area contributed by atoms with Gasteiger partial charge in [0, 0.05) is 38.5 Å². The number of anilines is 2. The molecule has 0 saturated carbocycles. The number of nitrogens with two attached hydrogens (primary N) is 2. The molecule has 0 atom stereocenters. The molecule has 0 amide bonds. The second-order valence-corrected chi connectivity index (χ2v) is 9.59. The maximum atomic E-state index is 14.4. The van der Waals surface area contributed by atoms with Crippen molar-refractivity contribution in [1.29, 1.82) is 0 Å². The summed E-state index contributed by atoms with van der Waals surface area (Å²) in [6.45, 7) is 0. The van der Waals surface area contributed by atoms with E-state index >= 15 is 0 Å². The van der Waals surface area contributed by atoms with Crippen LogP contribution in [0.25, 0.3) is 43.1 Å². The van der Waals surface area contributed by atoms with Crippen LogP contribution in [0.2, 0.25) is 0 Å². The Morgan fingerprint density at radius 2 is 1.00 bits per heavy atom. The molecule has 4 nitrogen and oxygen atoms in total. The molecule has 180 valence electrons. The Morgan fingerprint density at radius 3 is 1.63 bits per heavy atom. The van der Waals surface area contributed by atoms with Crippen LogP contribution in [-0.4, -0.2) is 11.6 Å². The van der Waals surface area contributed by atoms with Crippen molar-refractivity contribution >= 4 is 66.0 Å². The number of hydrogen-bond donors (Lipinski definition) is 2. The summed E-state index contributed by atoms with van der Waals surface area (Å²) in [5, 5.41) is 7.10. The van der Waals surface area contributed by atoms with E-state index in [9.17, 15) is 9.59 Å². The van der Waals surface area contributed by atoms with Gasteiger partial charge in [0.05, 0.1) is 11.3 Å². The van der Waals surface area contributed by atoms with Crippen LogP contribution in [-0.2, 0) is 0 Å². The normalized spacial score (nSPS) is 11.6. The van der Waals surface area contributed by atoms with Crippen LogP contribution < -0.4 is 11.5 Å². The van der Waals surface area contributed by atoms with Gasteiger partial charge in [0.1, 0.15) is 0 Å². The van der Waals surface area contributed by atoms with Crippen LogP contribution in [0.4, 0.5) is 11.4 Å². The minimum atomic E-state index is -0.309. The third-order valence-electron chi connectivity index (χ3n) is 7.52. The quantitative estimate of drug-likeness (QED) is 0.117. The number of carbonyl (C=O) groups excluding carboxylic acids is 2. The molecule has 4 N–H and O–H groups in total. The minimum Gasteiger partial charge on any atom is -0.398 e. The van der Waals surface area contributed by atoms with Gasteiger partial charge in [0.15, 0.2) is 11.6 Å². The van der Waals surface area contributed by atoms with Crippen LogP contribution in [0.5, 0.6) is 0 Å². The Hall–Kier alpha value is -5.22. The summed E-state index contributed by atoms with van der Waals surface area (Å²) in [6.07, 6.45) is 0. The third-order valence-corrected chi connectivity index (χ3v) is 7.52. The maximum absolute atomic E-state index is 14.4. The lowest BCUT2D eigenvalue weighted by atomic mass is 9.81. The number of fused-ring (bicyclic) bond motifs is 2. The molecule has 0 bridgehead atoms. The molecule has 7 aromatic carbocycles. The summed E-state index contributed by atoms with van der Waals surface area (Å²) in [7, 11) is 0. The standard InChI is InChI=1S/C34H22N2O2/c35-25-18-17-23-22-15-7-13-19-14-8-16-24(26(19)22)28-27(23)29(25)32(36)31(34(38)21-11-5-2-6-12-21)30(28)33(37)20-9-3-1-4-10-20/h1-18H,35-36H2. The van der Waals surface area contributed by atoms with Gasteiger partial charge < -0.3 is 11.5 Å². The first kappa shape index (κ1) is 22.0. The van der Waals surface area contributed by atoms with E-state index < -0.39 is 0 Å². The highest BCUT2D eigenvalue weighted by Gasteiger charge is 2.30. The average molecular weight is 491 g/mol. The lowest BCUT2D eigenvalue weighted by molar-refractivity contribution is 0.100. The fourth-order valence-corrected chi connectivity index (χ4v) is 5.88. The van der Waals surface area contributed by atoms with Crippen LogP contribution in [0, 0.1) is 0 Å². The molecular formula is C34H22N2O2. The monoisotopic (exact) mass is 490 g/mol. The SMILES string of the molecule is Nc1ccc2c3cccc4cccc(c5c(C(=O)c6ccccc6)c(C(=O)c6ccccc6)c(N)c1c25)c43. The molecule has 38 heavy (non-hydrogen) atoms. The summed E-state index contributed by atoms with van der Waals surface area (Å²) in [5.41, 5.74) is 15.5. The number of rotatable bonds is 4. The highest BCUT2D eigenvalue weighted by Crippen LogP contribution is 2.47. The molecule has 0 aliphatic carbocycles. The number of hydrogen-bond acceptors (Lipinski definition) is 4. The molecule has 0 fully saturated rings. The van der Waals surface area contributed by atoms with Gasteiger partial charge in [-0.1, -0.05) is 103 Å². The van der Waals surface area contributed by atoms with Crippen molar-refractivity contribution < 1.29 is 9.59 Å². The van der Waals surface area contributed by atoms with E-state index in [1.807, 2.05) is 54.6 Å². The van der Waals surface area contributed by atoms with Crippen LogP contribution in [0.1, 0.15) is 31.8 Å². The minimum absolute atomic E-state index is 0.188. The molecule has 0 heterocycles. The Kier molecular flexibility index (Phi) is 4.72. The molecule has 0 aliphatic rings. The van der Waals surface area contributed by atoms with Gasteiger partial charge in [-0.2, -0.15) is 0 Å². The highest BCUT2D eigenvalue weighted by molar-refractivity contribution is 6.42. The Morgan fingerprint density at radius 1 is 0.447 bits per heavy atom. The number of ketones is 2. The largest absolute Gasteiger partial charge is 0.398 e. The first-order chi connectivity index (χ1) is 18.6. The predicted octanol–water partition coefficient (Wildman–Crippen LogP) is 7.36. The summed E-state index contributed by atoms with van der Waals surface area (Å²) in [5.74, 6) is -0.561. The lowest BCUT2D eigenvalue weighted by Crippen LogP contribution is -2.16. The van der Waals surface area contributed by atoms with E-state index in [1.54, 1.807) is 36.4 Å². The van der Waals surface area contributed by atoms with Gasteiger partial charge in [0.25, 0.3) is 0 Å². The molecule has 0 aromatic heterocycles. The smallest absolute Gasteiger partial charge is 0.195 e. The lowest BCUT2D eigenvalue weighted by Gasteiger charge is -2.22. The Labute approximate surface area is 218 Å². The van der Waals surface area contributed by atoms with Gasteiger partial charge >= 0.3 is 0 Å². The second kappa shape index (κ2) is 8.15. The summed E-state index contributed by atoms with van der Waals surface area (Å²) in [4.78, 5) is 28.6. The van der Waals surface area contributed by atoms with Crippen molar-refractivity contribution in [3.05, 3.63) is 131 Å². The molecule has 7 aromatic rings. The molecule has 0 aliphatic heterocycles. The third kappa shape index (κ3) is 2.98. The summed E-state index contributed by atoms with van der Waals surface area (Å²) >= 11 is 0. The van der Waals surface area contributed by atoms with E-state index in [-0.39, 0.29) is 22.8 Å². The average Bonchev–Trinajstić information content (AvgIpc) is 2.96. The van der Waals surface area contributed by atoms with Gasteiger partial charge in [-0.05, 0) is 33.0 Å². The van der Waals surface area contributed by atoms with Gasteiger partial charge in [-0.15, -0.1) is 0 Å². The van der Waals surface area contributed by atoms with Gasteiger partial charge in [0.2, 0.25) is 0 Å². The Bertz CT molecular complexity index is 2060. The summed E-state index contributed by atoms with van der Waals surface area (Å²) in [6, 6.07) is 34.0. The van der Waals surface area contributed by atoms with Crippen molar-refractivity contribution in [3.63, 3.8) is 0 Å². The van der Waals surface area contributed by atoms with E-state index in [4.69, 9.17) is 11.5 Å². The molecule has 0 radical (unpaired) electrons.